The number of hydrogen-bond donors (Lipinski definition) is 2. The summed E-state index contributed by atoms with van der Waals surface area (Å²) in [4.78, 5) is 0. The van der Waals surface area contributed by atoms with E-state index >= 15 is 0 Å². The molecule has 0 saturated carbocycles. The Morgan fingerprint density at radius 1 is 0.929 bits per heavy atom. The predicted molar refractivity (Wildman–Crippen MR) is 57.0 cm³/mol. The summed E-state index contributed by atoms with van der Waals surface area (Å²) in [6.07, 6.45) is 7.45. The monoisotopic (exact) mass is 204 g/mol. The lowest BCUT2D eigenvalue weighted by atomic mass is 10.1. The van der Waals surface area contributed by atoms with E-state index in [0.717, 1.165) is 6.42 Å². The van der Waals surface area contributed by atoms with Gasteiger partial charge in [-0.05, 0) is 6.42 Å². The molecule has 0 rings (SSSR count). The first-order valence-corrected chi connectivity index (χ1v) is 5.71. The van der Waals surface area contributed by atoms with Gasteiger partial charge in [-0.1, -0.05) is 45.4 Å². The highest BCUT2D eigenvalue weighted by molar-refractivity contribution is 4.44. The van der Waals surface area contributed by atoms with E-state index < -0.39 is 6.29 Å². The van der Waals surface area contributed by atoms with Crippen LogP contribution in [0.25, 0.3) is 0 Å². The maximum Gasteiger partial charge on any atom is 0.175 e. The van der Waals surface area contributed by atoms with E-state index in [0.29, 0.717) is 6.61 Å². The zero-order valence-corrected chi connectivity index (χ0v) is 9.24. The Morgan fingerprint density at radius 3 is 2.07 bits per heavy atom. The second-order valence-corrected chi connectivity index (χ2v) is 3.68. The van der Waals surface area contributed by atoms with Crippen molar-refractivity contribution in [2.45, 2.75) is 58.2 Å². The topological polar surface area (TPSA) is 49.7 Å². The summed E-state index contributed by atoms with van der Waals surface area (Å²) in [5.74, 6) is 0. The molecule has 3 heteroatoms. The average molecular weight is 204 g/mol. The molecular weight excluding hydrogens is 180 g/mol. The second kappa shape index (κ2) is 11.0. The molecule has 0 fully saturated rings. The predicted octanol–water partition coefficient (Wildman–Crippen LogP) is 2.06. The van der Waals surface area contributed by atoms with Crippen LogP contribution in [0.15, 0.2) is 0 Å². The molecule has 0 spiro atoms. The van der Waals surface area contributed by atoms with Gasteiger partial charge in [-0.2, -0.15) is 0 Å². The molecule has 0 aliphatic carbocycles. The molecule has 0 aromatic heterocycles. The van der Waals surface area contributed by atoms with Crippen LogP contribution < -0.4 is 0 Å². The first-order chi connectivity index (χ1) is 6.77. The lowest BCUT2D eigenvalue weighted by molar-refractivity contribution is -0.0949. The molecule has 0 unspecified atom stereocenters. The van der Waals surface area contributed by atoms with E-state index in [-0.39, 0.29) is 6.61 Å². The molecular formula is C11H24O3. The molecule has 0 aliphatic rings. The highest BCUT2D eigenvalue weighted by Gasteiger charge is 1.96. The standard InChI is InChI=1S/C11H24O3/c1-2-3-4-5-6-7-8-9-14-10-11(12)13/h11-13H,2-10H2,1H3. The lowest BCUT2D eigenvalue weighted by Crippen LogP contribution is -2.14. The largest absolute Gasteiger partial charge is 0.376 e. The van der Waals surface area contributed by atoms with Crippen LogP contribution in [0.4, 0.5) is 0 Å². The Labute approximate surface area is 87.1 Å². The van der Waals surface area contributed by atoms with Gasteiger partial charge in [-0.25, -0.2) is 0 Å². The Hall–Kier alpha value is -0.120. The molecule has 0 bridgehead atoms. The van der Waals surface area contributed by atoms with Crippen molar-refractivity contribution in [3.8, 4) is 0 Å². The van der Waals surface area contributed by atoms with Gasteiger partial charge < -0.3 is 14.9 Å². The zero-order valence-electron chi connectivity index (χ0n) is 9.24. The van der Waals surface area contributed by atoms with Crippen LogP contribution in [-0.4, -0.2) is 29.7 Å². The molecule has 0 amide bonds. The van der Waals surface area contributed by atoms with E-state index in [2.05, 4.69) is 6.92 Å². The third-order valence-electron chi connectivity index (χ3n) is 2.16. The summed E-state index contributed by atoms with van der Waals surface area (Å²) < 4.78 is 5.02. The van der Waals surface area contributed by atoms with Crippen molar-refractivity contribution < 1.29 is 14.9 Å². The van der Waals surface area contributed by atoms with Crippen molar-refractivity contribution in [2.24, 2.45) is 0 Å². The number of unbranched alkanes of at least 4 members (excludes halogenated alkanes) is 6. The lowest BCUT2D eigenvalue weighted by Gasteiger charge is -2.05. The Balaban J connectivity index is 2.85. The second-order valence-electron chi connectivity index (χ2n) is 3.68. The third-order valence-corrected chi connectivity index (χ3v) is 2.16. The molecule has 0 atom stereocenters. The summed E-state index contributed by atoms with van der Waals surface area (Å²) >= 11 is 0. The van der Waals surface area contributed by atoms with E-state index in [1.807, 2.05) is 0 Å². The van der Waals surface area contributed by atoms with Gasteiger partial charge in [-0.15, -0.1) is 0 Å². The molecule has 0 aromatic carbocycles. The summed E-state index contributed by atoms with van der Waals surface area (Å²) in [6, 6.07) is 0. The number of rotatable bonds is 10. The van der Waals surface area contributed by atoms with Crippen molar-refractivity contribution in [3.05, 3.63) is 0 Å². The smallest absolute Gasteiger partial charge is 0.175 e. The number of aliphatic hydroxyl groups excluding tert-OH is 1. The highest BCUT2D eigenvalue weighted by atomic mass is 16.5. The third kappa shape index (κ3) is 11.9. The molecule has 0 aromatic rings. The molecule has 86 valence electrons. The molecule has 2 N–H and O–H groups in total. The normalized spacial score (nSPS) is 11.1. The average Bonchev–Trinajstić information content (AvgIpc) is 2.15. The van der Waals surface area contributed by atoms with Gasteiger partial charge in [0.15, 0.2) is 6.29 Å². The Morgan fingerprint density at radius 2 is 1.50 bits per heavy atom. The number of hydrogen-bond acceptors (Lipinski definition) is 3. The zero-order chi connectivity index (χ0) is 10.6. The first kappa shape index (κ1) is 13.9. The van der Waals surface area contributed by atoms with E-state index in [1.165, 1.54) is 38.5 Å². The van der Waals surface area contributed by atoms with Gasteiger partial charge in [0.2, 0.25) is 0 Å². The van der Waals surface area contributed by atoms with E-state index in [1.54, 1.807) is 0 Å². The quantitative estimate of drug-likeness (QED) is 0.423. The SMILES string of the molecule is CCCCCCCCCOCC(O)O. The van der Waals surface area contributed by atoms with Crippen molar-refractivity contribution in [2.75, 3.05) is 13.2 Å². The molecule has 0 heterocycles. The van der Waals surface area contributed by atoms with Crippen LogP contribution in [0.5, 0.6) is 0 Å². The van der Waals surface area contributed by atoms with Gasteiger partial charge in [-0.3, -0.25) is 0 Å². The van der Waals surface area contributed by atoms with E-state index in [9.17, 15) is 0 Å². The fourth-order valence-corrected chi connectivity index (χ4v) is 1.35. The minimum absolute atomic E-state index is 0.0375. The number of aliphatic hydroxyl groups is 2. The van der Waals surface area contributed by atoms with Gasteiger partial charge >= 0.3 is 0 Å². The molecule has 3 nitrogen and oxygen atoms in total. The summed E-state index contributed by atoms with van der Waals surface area (Å²) in [6.45, 7) is 2.90. The fraction of sp³-hybridized carbons (Fsp3) is 1.00. The minimum Gasteiger partial charge on any atom is -0.376 e. The van der Waals surface area contributed by atoms with Crippen LogP contribution in [0.3, 0.4) is 0 Å². The summed E-state index contributed by atoms with van der Waals surface area (Å²) in [5.41, 5.74) is 0. The van der Waals surface area contributed by atoms with Crippen molar-refractivity contribution in [1.82, 2.24) is 0 Å². The van der Waals surface area contributed by atoms with Crippen LogP contribution in [0.2, 0.25) is 0 Å². The highest BCUT2D eigenvalue weighted by Crippen LogP contribution is 2.06. The molecule has 0 aliphatic heterocycles. The Kier molecular flexibility index (Phi) is 10.9. The van der Waals surface area contributed by atoms with Crippen molar-refractivity contribution >= 4 is 0 Å². The maximum atomic E-state index is 8.48. The van der Waals surface area contributed by atoms with Crippen molar-refractivity contribution in [1.29, 1.82) is 0 Å². The molecule has 0 radical (unpaired) electrons. The summed E-state index contributed by atoms with van der Waals surface area (Å²) in [5, 5.41) is 17.0. The van der Waals surface area contributed by atoms with Gasteiger partial charge in [0.25, 0.3) is 0 Å². The summed E-state index contributed by atoms with van der Waals surface area (Å²) in [7, 11) is 0. The van der Waals surface area contributed by atoms with Crippen LogP contribution in [0, 0.1) is 0 Å². The minimum atomic E-state index is -1.32. The van der Waals surface area contributed by atoms with Gasteiger partial charge in [0, 0.05) is 6.61 Å². The maximum absolute atomic E-state index is 8.48. The molecule has 0 saturated heterocycles. The van der Waals surface area contributed by atoms with Crippen molar-refractivity contribution in [3.63, 3.8) is 0 Å². The van der Waals surface area contributed by atoms with Crippen LogP contribution >= 0.6 is 0 Å². The van der Waals surface area contributed by atoms with Gasteiger partial charge in [0.05, 0.1) is 6.61 Å². The van der Waals surface area contributed by atoms with E-state index in [4.69, 9.17) is 14.9 Å². The molecule has 14 heavy (non-hydrogen) atoms. The first-order valence-electron chi connectivity index (χ1n) is 5.71. The van der Waals surface area contributed by atoms with Crippen LogP contribution in [0.1, 0.15) is 51.9 Å². The Bertz CT molecular complexity index is 105. The van der Waals surface area contributed by atoms with Crippen LogP contribution in [-0.2, 0) is 4.74 Å². The number of ether oxygens (including phenoxy) is 1. The fourth-order valence-electron chi connectivity index (χ4n) is 1.35. The van der Waals surface area contributed by atoms with Gasteiger partial charge in [0.1, 0.15) is 0 Å².